The number of phenols is 1. The molecule has 1 aromatic rings. The highest BCUT2D eigenvalue weighted by atomic mass is 16.5. The first kappa shape index (κ1) is 11.0. The molecule has 1 rings (SSSR count). The molecule has 0 aromatic heterocycles. The molecular formula is C11H17NO2. The van der Waals surface area contributed by atoms with Crippen LogP contribution < -0.4 is 5.73 Å². The third-order valence-electron chi connectivity index (χ3n) is 2.28. The van der Waals surface area contributed by atoms with Crippen molar-refractivity contribution in [2.45, 2.75) is 20.0 Å². The summed E-state index contributed by atoms with van der Waals surface area (Å²) in [5, 5.41) is 9.83. The molecule has 0 aliphatic rings. The predicted molar refractivity (Wildman–Crippen MR) is 56.3 cm³/mol. The van der Waals surface area contributed by atoms with E-state index in [-0.39, 0.29) is 0 Å². The summed E-state index contributed by atoms with van der Waals surface area (Å²) in [6, 6.07) is 3.87. The second-order valence-electron chi connectivity index (χ2n) is 3.34. The minimum atomic E-state index is 0.352. The van der Waals surface area contributed by atoms with E-state index in [1.165, 1.54) is 0 Å². The number of hydrogen-bond acceptors (Lipinski definition) is 3. The van der Waals surface area contributed by atoms with Crippen LogP contribution in [0.3, 0.4) is 0 Å². The lowest BCUT2D eigenvalue weighted by atomic mass is 10.0. The number of ether oxygens (including phenoxy) is 1. The summed E-state index contributed by atoms with van der Waals surface area (Å²) >= 11 is 0. The highest BCUT2D eigenvalue weighted by molar-refractivity contribution is 5.45. The molecule has 0 spiro atoms. The molecule has 0 fully saturated rings. The Labute approximate surface area is 84.5 Å². The summed E-state index contributed by atoms with van der Waals surface area (Å²) in [5.74, 6) is 0.352. The van der Waals surface area contributed by atoms with E-state index in [0.717, 1.165) is 16.7 Å². The van der Waals surface area contributed by atoms with Crippen molar-refractivity contribution in [2.24, 2.45) is 5.73 Å². The van der Waals surface area contributed by atoms with Crippen molar-refractivity contribution in [1.82, 2.24) is 0 Å². The molecule has 0 saturated carbocycles. The van der Waals surface area contributed by atoms with Crippen molar-refractivity contribution in [2.75, 3.05) is 13.7 Å². The zero-order valence-corrected chi connectivity index (χ0v) is 8.71. The molecule has 78 valence electrons. The average Bonchev–Trinajstić information content (AvgIpc) is 2.18. The monoisotopic (exact) mass is 195 g/mol. The van der Waals surface area contributed by atoms with Crippen molar-refractivity contribution >= 4 is 0 Å². The standard InChI is InChI=1S/C11H17NO2/c1-8-3-4-9(7-14-2)10(5-6-12)11(8)13/h3-4,13H,5-7,12H2,1-2H3. The van der Waals surface area contributed by atoms with Gasteiger partial charge in [0.25, 0.3) is 0 Å². The summed E-state index contributed by atoms with van der Waals surface area (Å²) in [6.45, 7) is 2.93. The van der Waals surface area contributed by atoms with E-state index in [1.807, 2.05) is 19.1 Å². The van der Waals surface area contributed by atoms with Gasteiger partial charge in [-0.25, -0.2) is 0 Å². The van der Waals surface area contributed by atoms with Crippen LogP contribution in [0.1, 0.15) is 16.7 Å². The minimum Gasteiger partial charge on any atom is -0.507 e. The summed E-state index contributed by atoms with van der Waals surface area (Å²) in [6.07, 6.45) is 0.687. The highest BCUT2D eigenvalue weighted by Gasteiger charge is 2.09. The maximum absolute atomic E-state index is 9.83. The van der Waals surface area contributed by atoms with Crippen LogP contribution in [0, 0.1) is 6.92 Å². The van der Waals surface area contributed by atoms with Crippen LogP contribution in [-0.2, 0) is 17.8 Å². The van der Waals surface area contributed by atoms with E-state index in [4.69, 9.17) is 10.5 Å². The van der Waals surface area contributed by atoms with Gasteiger partial charge in [0.2, 0.25) is 0 Å². The molecule has 0 bridgehead atoms. The molecule has 0 saturated heterocycles. The first-order chi connectivity index (χ1) is 6.70. The summed E-state index contributed by atoms with van der Waals surface area (Å²) in [5.41, 5.74) is 8.30. The summed E-state index contributed by atoms with van der Waals surface area (Å²) in [4.78, 5) is 0. The van der Waals surface area contributed by atoms with Crippen LogP contribution >= 0.6 is 0 Å². The van der Waals surface area contributed by atoms with E-state index < -0.39 is 0 Å². The molecule has 3 nitrogen and oxygen atoms in total. The van der Waals surface area contributed by atoms with E-state index in [0.29, 0.717) is 25.3 Å². The fraction of sp³-hybridized carbons (Fsp3) is 0.455. The van der Waals surface area contributed by atoms with Gasteiger partial charge in [0.1, 0.15) is 5.75 Å². The molecular weight excluding hydrogens is 178 g/mol. The molecule has 0 aliphatic heterocycles. The number of hydrogen-bond donors (Lipinski definition) is 2. The van der Waals surface area contributed by atoms with Crippen molar-refractivity contribution in [3.63, 3.8) is 0 Å². The lowest BCUT2D eigenvalue weighted by Crippen LogP contribution is -2.06. The number of rotatable bonds is 4. The molecule has 3 heteroatoms. The van der Waals surface area contributed by atoms with Crippen molar-refractivity contribution < 1.29 is 9.84 Å². The third kappa shape index (κ3) is 2.25. The molecule has 0 unspecified atom stereocenters. The Hall–Kier alpha value is -1.06. The van der Waals surface area contributed by atoms with Crippen molar-refractivity contribution in [3.8, 4) is 5.75 Å². The Bertz CT molecular complexity index is 310. The van der Waals surface area contributed by atoms with Gasteiger partial charge in [0.05, 0.1) is 6.61 Å². The summed E-state index contributed by atoms with van der Waals surface area (Å²) < 4.78 is 5.06. The zero-order valence-electron chi connectivity index (χ0n) is 8.71. The SMILES string of the molecule is COCc1ccc(C)c(O)c1CCN. The molecule has 1 aromatic carbocycles. The lowest BCUT2D eigenvalue weighted by Gasteiger charge is -2.12. The van der Waals surface area contributed by atoms with Gasteiger partial charge in [-0.2, -0.15) is 0 Å². The van der Waals surface area contributed by atoms with Gasteiger partial charge in [-0.15, -0.1) is 0 Å². The Kier molecular flexibility index (Phi) is 3.92. The van der Waals surface area contributed by atoms with Crippen LogP contribution in [0.5, 0.6) is 5.75 Å². The summed E-state index contributed by atoms with van der Waals surface area (Å²) in [7, 11) is 1.64. The zero-order chi connectivity index (χ0) is 10.6. The maximum atomic E-state index is 9.83. The largest absolute Gasteiger partial charge is 0.507 e. The van der Waals surface area contributed by atoms with E-state index in [9.17, 15) is 5.11 Å². The van der Waals surface area contributed by atoms with Gasteiger partial charge in [-0.05, 0) is 31.0 Å². The molecule has 0 atom stereocenters. The number of benzene rings is 1. The number of aromatic hydroxyl groups is 1. The van der Waals surface area contributed by atoms with Gasteiger partial charge in [0, 0.05) is 12.7 Å². The minimum absolute atomic E-state index is 0.352. The quantitative estimate of drug-likeness (QED) is 0.762. The van der Waals surface area contributed by atoms with Gasteiger partial charge in [0.15, 0.2) is 0 Å². The number of nitrogens with two attached hydrogens (primary N) is 1. The lowest BCUT2D eigenvalue weighted by molar-refractivity contribution is 0.184. The van der Waals surface area contributed by atoms with Crippen molar-refractivity contribution in [3.05, 3.63) is 28.8 Å². The van der Waals surface area contributed by atoms with Gasteiger partial charge >= 0.3 is 0 Å². The van der Waals surface area contributed by atoms with E-state index in [1.54, 1.807) is 7.11 Å². The third-order valence-corrected chi connectivity index (χ3v) is 2.28. The van der Waals surface area contributed by atoms with Crippen LogP contribution in [0.25, 0.3) is 0 Å². The van der Waals surface area contributed by atoms with Crippen molar-refractivity contribution in [1.29, 1.82) is 0 Å². The first-order valence-corrected chi connectivity index (χ1v) is 4.70. The number of aryl methyl sites for hydroxylation is 1. The molecule has 0 amide bonds. The second-order valence-corrected chi connectivity index (χ2v) is 3.34. The van der Waals surface area contributed by atoms with E-state index in [2.05, 4.69) is 0 Å². The maximum Gasteiger partial charge on any atom is 0.122 e. The van der Waals surface area contributed by atoms with Crippen LogP contribution in [0.15, 0.2) is 12.1 Å². The molecule has 0 aliphatic carbocycles. The molecule has 0 radical (unpaired) electrons. The number of methoxy groups -OCH3 is 1. The van der Waals surface area contributed by atoms with Gasteiger partial charge < -0.3 is 15.6 Å². The molecule has 14 heavy (non-hydrogen) atoms. The molecule has 3 N–H and O–H groups in total. The average molecular weight is 195 g/mol. The Morgan fingerprint density at radius 2 is 2.14 bits per heavy atom. The van der Waals surface area contributed by atoms with Crippen LogP contribution in [0.2, 0.25) is 0 Å². The Balaban J connectivity index is 3.08. The fourth-order valence-electron chi connectivity index (χ4n) is 1.51. The smallest absolute Gasteiger partial charge is 0.122 e. The Morgan fingerprint density at radius 3 is 2.71 bits per heavy atom. The van der Waals surface area contributed by atoms with Crippen LogP contribution in [0.4, 0.5) is 0 Å². The number of phenolic OH excluding ortho intramolecular Hbond substituents is 1. The van der Waals surface area contributed by atoms with Crippen LogP contribution in [-0.4, -0.2) is 18.8 Å². The molecule has 0 heterocycles. The Morgan fingerprint density at radius 1 is 1.43 bits per heavy atom. The first-order valence-electron chi connectivity index (χ1n) is 4.70. The van der Waals surface area contributed by atoms with Gasteiger partial charge in [-0.1, -0.05) is 12.1 Å². The topological polar surface area (TPSA) is 55.5 Å². The van der Waals surface area contributed by atoms with Gasteiger partial charge in [-0.3, -0.25) is 0 Å². The predicted octanol–water partition coefficient (Wildman–Crippen LogP) is 1.35. The second kappa shape index (κ2) is 4.98. The normalized spacial score (nSPS) is 10.5. The highest BCUT2D eigenvalue weighted by Crippen LogP contribution is 2.26. The fourth-order valence-corrected chi connectivity index (χ4v) is 1.51. The van der Waals surface area contributed by atoms with E-state index >= 15 is 0 Å².